The molecule has 2 aliphatic rings. The summed E-state index contributed by atoms with van der Waals surface area (Å²) in [6.07, 6.45) is 3.94. The highest BCUT2D eigenvalue weighted by atomic mass is 19.1. The zero-order chi connectivity index (χ0) is 26.4. The molecular formula is C30H36FN7. The number of hydrogen-bond donors (Lipinski definition) is 1. The van der Waals surface area contributed by atoms with Crippen molar-refractivity contribution in [3.63, 3.8) is 0 Å². The molecule has 2 saturated heterocycles. The minimum atomic E-state index is -0.281. The Labute approximate surface area is 223 Å². The molecule has 0 aliphatic carbocycles. The van der Waals surface area contributed by atoms with Crippen LogP contribution < -0.4 is 10.6 Å². The van der Waals surface area contributed by atoms with Crippen LogP contribution in [-0.2, 0) is 0 Å². The van der Waals surface area contributed by atoms with Gasteiger partial charge in [-0.15, -0.1) is 0 Å². The molecule has 8 heteroatoms. The molecule has 198 valence electrons. The third kappa shape index (κ3) is 4.52. The molecule has 2 aromatic carbocycles. The highest BCUT2D eigenvalue weighted by molar-refractivity contribution is 5.84. The number of halogens is 1. The first kappa shape index (κ1) is 24.8. The van der Waals surface area contributed by atoms with Gasteiger partial charge in [0.2, 0.25) is 0 Å². The lowest BCUT2D eigenvalue weighted by Crippen LogP contribution is -2.52. The summed E-state index contributed by atoms with van der Waals surface area (Å²) >= 11 is 0. The van der Waals surface area contributed by atoms with Gasteiger partial charge in [-0.05, 0) is 57.5 Å². The second-order valence-electron chi connectivity index (χ2n) is 10.8. The Hall–Kier alpha value is -3.49. The number of aryl methyl sites for hydroxylation is 2. The third-order valence-electron chi connectivity index (χ3n) is 8.29. The molecule has 0 atom stereocenters. The van der Waals surface area contributed by atoms with Crippen molar-refractivity contribution in [3.05, 3.63) is 65.7 Å². The van der Waals surface area contributed by atoms with E-state index in [2.05, 4.69) is 45.9 Å². The Morgan fingerprint density at radius 3 is 2.42 bits per heavy atom. The highest BCUT2D eigenvalue weighted by Crippen LogP contribution is 2.35. The summed E-state index contributed by atoms with van der Waals surface area (Å²) in [5.74, 6) is 0.226. The van der Waals surface area contributed by atoms with Crippen LogP contribution in [0, 0.1) is 19.7 Å². The Morgan fingerprint density at radius 2 is 1.68 bits per heavy atom. The van der Waals surface area contributed by atoms with Gasteiger partial charge in [0.1, 0.15) is 11.6 Å². The van der Waals surface area contributed by atoms with Crippen molar-refractivity contribution in [2.24, 2.45) is 0 Å². The molecule has 0 unspecified atom stereocenters. The number of benzene rings is 2. The van der Waals surface area contributed by atoms with Gasteiger partial charge in [0.05, 0.1) is 11.9 Å². The Kier molecular flexibility index (Phi) is 6.53. The maximum atomic E-state index is 15.2. The Morgan fingerprint density at radius 1 is 0.921 bits per heavy atom. The van der Waals surface area contributed by atoms with Crippen molar-refractivity contribution in [3.8, 4) is 22.3 Å². The maximum Gasteiger partial charge on any atom is 0.165 e. The number of likely N-dealkylation sites (N-methyl/N-ethyl adjacent to an activating group) is 1. The van der Waals surface area contributed by atoms with E-state index in [1.807, 2.05) is 31.2 Å². The van der Waals surface area contributed by atoms with E-state index >= 15 is 4.39 Å². The molecule has 6 rings (SSSR count). The monoisotopic (exact) mass is 513 g/mol. The fraction of sp³-hybridized carbons (Fsp3) is 0.400. The van der Waals surface area contributed by atoms with Crippen LogP contribution in [0.1, 0.15) is 24.1 Å². The first-order valence-corrected chi connectivity index (χ1v) is 13.6. The largest absolute Gasteiger partial charge is 0.383 e. The van der Waals surface area contributed by atoms with Crippen LogP contribution in [0.25, 0.3) is 27.9 Å². The summed E-state index contributed by atoms with van der Waals surface area (Å²) in [5.41, 5.74) is 13.2. The van der Waals surface area contributed by atoms with Crippen molar-refractivity contribution in [2.75, 3.05) is 56.9 Å². The number of fused-ring (bicyclic) bond motifs is 1. The maximum absolute atomic E-state index is 15.2. The van der Waals surface area contributed by atoms with E-state index in [-0.39, 0.29) is 5.82 Å². The highest BCUT2D eigenvalue weighted by Gasteiger charge is 2.27. The normalized spacial score (nSPS) is 17.9. The van der Waals surface area contributed by atoms with Gasteiger partial charge in [0, 0.05) is 67.7 Å². The number of aromatic nitrogens is 3. The zero-order valence-corrected chi connectivity index (χ0v) is 22.5. The van der Waals surface area contributed by atoms with Crippen molar-refractivity contribution >= 4 is 17.2 Å². The number of rotatable bonds is 4. The predicted octanol–water partition coefficient (Wildman–Crippen LogP) is 4.62. The van der Waals surface area contributed by atoms with Crippen LogP contribution in [0.15, 0.2) is 48.7 Å². The summed E-state index contributed by atoms with van der Waals surface area (Å²) in [6.45, 7) is 10.5. The van der Waals surface area contributed by atoms with E-state index in [4.69, 9.17) is 10.7 Å². The fourth-order valence-corrected chi connectivity index (χ4v) is 6.07. The van der Waals surface area contributed by atoms with Gasteiger partial charge < -0.3 is 15.5 Å². The molecular weight excluding hydrogens is 477 g/mol. The van der Waals surface area contributed by atoms with Crippen LogP contribution in [0.2, 0.25) is 0 Å². The molecule has 0 amide bonds. The fourth-order valence-electron chi connectivity index (χ4n) is 6.07. The standard InChI is InChI=1S/C30H36FN7/c1-20-5-4-6-22(17-20)28-21(2)34-30-26(19-33-38(30)29(28)32)25-18-24(7-8-27(25)31)36-11-9-23(10-12-36)37-15-13-35(3)14-16-37/h4-8,17-19,23H,9-16,32H2,1-3H3. The molecule has 2 N–H and O–H groups in total. The van der Waals surface area contributed by atoms with Crippen molar-refractivity contribution in [1.29, 1.82) is 0 Å². The van der Waals surface area contributed by atoms with Crippen LogP contribution in [0.4, 0.5) is 15.9 Å². The van der Waals surface area contributed by atoms with Crippen LogP contribution in [-0.4, -0.2) is 76.8 Å². The summed E-state index contributed by atoms with van der Waals surface area (Å²) in [6, 6.07) is 14.2. The van der Waals surface area contributed by atoms with Crippen molar-refractivity contribution in [1.82, 2.24) is 24.4 Å². The Bertz CT molecular complexity index is 1460. The van der Waals surface area contributed by atoms with Gasteiger partial charge >= 0.3 is 0 Å². The molecule has 4 heterocycles. The summed E-state index contributed by atoms with van der Waals surface area (Å²) in [5, 5.41) is 4.53. The predicted molar refractivity (Wildman–Crippen MR) is 152 cm³/mol. The number of anilines is 2. The molecule has 7 nitrogen and oxygen atoms in total. The zero-order valence-electron chi connectivity index (χ0n) is 22.5. The van der Waals surface area contributed by atoms with Gasteiger partial charge in [-0.1, -0.05) is 29.8 Å². The SMILES string of the molecule is Cc1cccc(-c2c(C)nc3c(-c4cc(N5CCC(N6CCN(C)CC6)CC5)ccc4F)cnn3c2N)c1. The molecule has 0 spiro atoms. The third-order valence-corrected chi connectivity index (χ3v) is 8.29. The smallest absolute Gasteiger partial charge is 0.165 e. The minimum Gasteiger partial charge on any atom is -0.383 e. The van der Waals surface area contributed by atoms with Crippen LogP contribution in [0.3, 0.4) is 0 Å². The van der Waals surface area contributed by atoms with E-state index in [9.17, 15) is 0 Å². The topological polar surface area (TPSA) is 65.9 Å². The van der Waals surface area contributed by atoms with Crippen LogP contribution in [0.5, 0.6) is 0 Å². The van der Waals surface area contributed by atoms with E-state index in [0.717, 1.165) is 80.2 Å². The van der Waals surface area contributed by atoms with E-state index in [0.29, 0.717) is 28.6 Å². The number of piperazine rings is 1. The number of nitrogens with two attached hydrogens (primary N) is 1. The average Bonchev–Trinajstić information content (AvgIpc) is 3.33. The van der Waals surface area contributed by atoms with Gasteiger partial charge in [-0.25, -0.2) is 9.37 Å². The second kappa shape index (κ2) is 10.0. The van der Waals surface area contributed by atoms with Gasteiger partial charge in [-0.3, -0.25) is 4.90 Å². The lowest BCUT2D eigenvalue weighted by atomic mass is 10.0. The quantitative estimate of drug-likeness (QED) is 0.430. The molecule has 2 fully saturated rings. The number of nitrogen functional groups attached to an aromatic ring is 1. The average molecular weight is 514 g/mol. The lowest BCUT2D eigenvalue weighted by Gasteiger charge is -2.42. The molecule has 2 aromatic heterocycles. The van der Waals surface area contributed by atoms with Crippen molar-refractivity contribution in [2.45, 2.75) is 32.7 Å². The number of piperidine rings is 1. The molecule has 4 aromatic rings. The minimum absolute atomic E-state index is 0.281. The lowest BCUT2D eigenvalue weighted by molar-refractivity contribution is 0.0982. The molecule has 0 radical (unpaired) electrons. The number of nitrogens with zero attached hydrogens (tertiary/aromatic N) is 6. The summed E-state index contributed by atoms with van der Waals surface area (Å²) in [7, 11) is 2.20. The first-order chi connectivity index (χ1) is 18.4. The molecule has 0 saturated carbocycles. The van der Waals surface area contributed by atoms with Crippen molar-refractivity contribution < 1.29 is 4.39 Å². The van der Waals surface area contributed by atoms with E-state index < -0.39 is 0 Å². The van der Waals surface area contributed by atoms with E-state index in [1.165, 1.54) is 0 Å². The number of hydrogen-bond acceptors (Lipinski definition) is 6. The van der Waals surface area contributed by atoms with Gasteiger partial charge in [0.25, 0.3) is 0 Å². The second-order valence-corrected chi connectivity index (χ2v) is 10.8. The summed E-state index contributed by atoms with van der Waals surface area (Å²) < 4.78 is 16.9. The molecule has 0 bridgehead atoms. The van der Waals surface area contributed by atoms with E-state index in [1.54, 1.807) is 16.8 Å². The van der Waals surface area contributed by atoms with Gasteiger partial charge in [-0.2, -0.15) is 9.61 Å². The Balaban J connectivity index is 1.28. The first-order valence-electron chi connectivity index (χ1n) is 13.6. The van der Waals surface area contributed by atoms with Crippen LogP contribution >= 0.6 is 0 Å². The van der Waals surface area contributed by atoms with Gasteiger partial charge in [0.15, 0.2) is 5.65 Å². The summed E-state index contributed by atoms with van der Waals surface area (Å²) in [4.78, 5) is 12.3. The molecule has 38 heavy (non-hydrogen) atoms. The molecule has 2 aliphatic heterocycles.